The highest BCUT2D eigenvalue weighted by Gasteiger charge is 2.10. The molecule has 0 atom stereocenters. The first-order valence-corrected chi connectivity index (χ1v) is 5.34. The van der Waals surface area contributed by atoms with Gasteiger partial charge in [-0.1, -0.05) is 23.2 Å². The normalized spacial score (nSPS) is 9.94. The molecule has 0 unspecified atom stereocenters. The third kappa shape index (κ3) is 2.31. The Morgan fingerprint density at radius 2 is 1.94 bits per heavy atom. The van der Waals surface area contributed by atoms with E-state index in [1.165, 1.54) is 12.3 Å². The number of anilines is 1. The van der Waals surface area contributed by atoms with Crippen molar-refractivity contribution in [2.24, 2.45) is 0 Å². The van der Waals surface area contributed by atoms with E-state index in [-0.39, 0.29) is 5.82 Å². The van der Waals surface area contributed by atoms with Crippen molar-refractivity contribution in [3.8, 4) is 17.3 Å². The molecular weight excluding hydrogens is 259 g/mol. The van der Waals surface area contributed by atoms with Gasteiger partial charge in [0, 0.05) is 18.0 Å². The van der Waals surface area contributed by atoms with Gasteiger partial charge in [-0.3, -0.25) is 4.98 Å². The van der Waals surface area contributed by atoms with Crippen molar-refractivity contribution in [2.45, 2.75) is 0 Å². The Kier molecular flexibility index (Phi) is 3.14. The van der Waals surface area contributed by atoms with E-state index in [4.69, 9.17) is 34.2 Å². The van der Waals surface area contributed by atoms with Gasteiger partial charge in [-0.2, -0.15) is 5.26 Å². The number of nitrogens with two attached hydrogens (primary N) is 1. The zero-order chi connectivity index (χ0) is 12.4. The van der Waals surface area contributed by atoms with Crippen LogP contribution in [0.4, 0.5) is 5.82 Å². The molecule has 0 aliphatic heterocycles. The topological polar surface area (TPSA) is 75.6 Å². The molecule has 0 spiro atoms. The number of halogens is 2. The number of nitriles is 1. The number of nitrogens with zero attached hydrogens (tertiary/aromatic N) is 3. The van der Waals surface area contributed by atoms with Crippen molar-refractivity contribution in [2.75, 3.05) is 5.73 Å². The molecule has 0 amide bonds. The maximum Gasteiger partial charge on any atom is 0.143 e. The number of hydrogen-bond acceptors (Lipinski definition) is 4. The molecule has 0 aliphatic rings. The third-order valence-electron chi connectivity index (χ3n) is 2.10. The van der Waals surface area contributed by atoms with Crippen LogP contribution in [-0.4, -0.2) is 9.97 Å². The molecule has 2 heterocycles. The highest BCUT2D eigenvalue weighted by atomic mass is 35.5. The van der Waals surface area contributed by atoms with Crippen LogP contribution in [0.25, 0.3) is 11.3 Å². The van der Waals surface area contributed by atoms with Gasteiger partial charge in [0.2, 0.25) is 0 Å². The summed E-state index contributed by atoms with van der Waals surface area (Å²) >= 11 is 11.8. The lowest BCUT2D eigenvalue weighted by Crippen LogP contribution is -1.95. The van der Waals surface area contributed by atoms with Crippen LogP contribution in [0.15, 0.2) is 24.5 Å². The van der Waals surface area contributed by atoms with Crippen molar-refractivity contribution in [3.05, 3.63) is 40.1 Å². The first-order chi connectivity index (χ1) is 8.11. The van der Waals surface area contributed by atoms with Crippen LogP contribution < -0.4 is 5.73 Å². The lowest BCUT2D eigenvalue weighted by molar-refractivity contribution is 1.27. The summed E-state index contributed by atoms with van der Waals surface area (Å²) in [7, 11) is 0. The maximum atomic E-state index is 8.79. The molecule has 0 radical (unpaired) electrons. The minimum Gasteiger partial charge on any atom is -0.382 e. The summed E-state index contributed by atoms with van der Waals surface area (Å²) < 4.78 is 0. The van der Waals surface area contributed by atoms with E-state index in [9.17, 15) is 0 Å². The Morgan fingerprint density at radius 3 is 2.65 bits per heavy atom. The lowest BCUT2D eigenvalue weighted by atomic mass is 10.1. The second-order valence-electron chi connectivity index (χ2n) is 3.26. The highest BCUT2D eigenvalue weighted by molar-refractivity contribution is 6.37. The molecule has 2 rings (SSSR count). The number of aromatic nitrogens is 2. The summed E-state index contributed by atoms with van der Waals surface area (Å²) in [6.07, 6.45) is 3.01. The Morgan fingerprint density at radius 1 is 1.18 bits per heavy atom. The number of rotatable bonds is 1. The molecule has 0 aliphatic carbocycles. The van der Waals surface area contributed by atoms with Gasteiger partial charge >= 0.3 is 0 Å². The minimum atomic E-state index is 0.188. The molecule has 0 saturated heterocycles. The molecule has 84 valence electrons. The Balaban J connectivity index is 2.61. The second kappa shape index (κ2) is 4.58. The zero-order valence-corrected chi connectivity index (χ0v) is 10.00. The number of hydrogen-bond donors (Lipinski definition) is 1. The van der Waals surface area contributed by atoms with Crippen molar-refractivity contribution in [1.29, 1.82) is 5.26 Å². The smallest absolute Gasteiger partial charge is 0.143 e. The summed E-state index contributed by atoms with van der Waals surface area (Å²) in [6.45, 7) is 0. The summed E-state index contributed by atoms with van der Waals surface area (Å²) in [5.41, 5.74) is 7.11. The standard InChI is InChI=1S/C11H6Cl2N4/c12-8-2-9(13)11(15)17-10(8)7-1-6(3-14)4-16-5-7/h1-2,4-5H,(H2,15,17). The van der Waals surface area contributed by atoms with Gasteiger partial charge in [-0.15, -0.1) is 0 Å². The van der Waals surface area contributed by atoms with Crippen LogP contribution in [0, 0.1) is 11.3 Å². The van der Waals surface area contributed by atoms with Gasteiger partial charge < -0.3 is 5.73 Å². The summed E-state index contributed by atoms with van der Waals surface area (Å²) in [5, 5.41) is 9.44. The third-order valence-corrected chi connectivity index (χ3v) is 2.69. The van der Waals surface area contributed by atoms with E-state index < -0.39 is 0 Å². The van der Waals surface area contributed by atoms with Crippen molar-refractivity contribution in [3.63, 3.8) is 0 Å². The largest absolute Gasteiger partial charge is 0.382 e. The molecule has 4 nitrogen and oxygen atoms in total. The van der Waals surface area contributed by atoms with E-state index in [1.54, 1.807) is 12.3 Å². The maximum absolute atomic E-state index is 8.79. The summed E-state index contributed by atoms with van der Waals surface area (Å²) in [5.74, 6) is 0.188. The van der Waals surface area contributed by atoms with Gasteiger partial charge in [0.1, 0.15) is 11.9 Å². The van der Waals surface area contributed by atoms with Gasteiger partial charge in [0.25, 0.3) is 0 Å². The first kappa shape index (κ1) is 11.6. The van der Waals surface area contributed by atoms with Gasteiger partial charge in [0.05, 0.1) is 21.3 Å². The van der Waals surface area contributed by atoms with Crippen molar-refractivity contribution < 1.29 is 0 Å². The second-order valence-corrected chi connectivity index (χ2v) is 4.07. The fourth-order valence-electron chi connectivity index (χ4n) is 1.31. The van der Waals surface area contributed by atoms with Crippen molar-refractivity contribution in [1.82, 2.24) is 9.97 Å². The molecule has 0 bridgehead atoms. The van der Waals surface area contributed by atoms with Gasteiger partial charge in [-0.25, -0.2) is 4.98 Å². The predicted molar refractivity (Wildman–Crippen MR) is 66.6 cm³/mol. The molecule has 0 aromatic carbocycles. The van der Waals surface area contributed by atoms with Crippen LogP contribution in [0.3, 0.4) is 0 Å². The van der Waals surface area contributed by atoms with Crippen LogP contribution in [0.5, 0.6) is 0 Å². The average molecular weight is 265 g/mol. The van der Waals surface area contributed by atoms with Crippen LogP contribution in [0.2, 0.25) is 10.0 Å². The van der Waals surface area contributed by atoms with E-state index in [0.29, 0.717) is 26.9 Å². The molecule has 2 N–H and O–H groups in total. The number of pyridine rings is 2. The molecule has 0 saturated carbocycles. The molecule has 6 heteroatoms. The van der Waals surface area contributed by atoms with Crippen molar-refractivity contribution >= 4 is 29.0 Å². The van der Waals surface area contributed by atoms with Gasteiger partial charge in [-0.05, 0) is 12.1 Å². The molecule has 2 aromatic rings. The molecular formula is C11H6Cl2N4. The molecule has 17 heavy (non-hydrogen) atoms. The van der Waals surface area contributed by atoms with Crippen LogP contribution in [0.1, 0.15) is 5.56 Å². The van der Waals surface area contributed by atoms with Crippen LogP contribution >= 0.6 is 23.2 Å². The summed E-state index contributed by atoms with van der Waals surface area (Å²) in [6, 6.07) is 5.14. The van der Waals surface area contributed by atoms with E-state index in [2.05, 4.69) is 9.97 Å². The summed E-state index contributed by atoms with van der Waals surface area (Å²) in [4.78, 5) is 8.01. The van der Waals surface area contributed by atoms with E-state index in [1.807, 2.05) is 6.07 Å². The van der Waals surface area contributed by atoms with E-state index >= 15 is 0 Å². The molecule has 2 aromatic heterocycles. The zero-order valence-electron chi connectivity index (χ0n) is 8.48. The average Bonchev–Trinajstić information content (AvgIpc) is 2.34. The predicted octanol–water partition coefficient (Wildman–Crippen LogP) is 2.90. The highest BCUT2D eigenvalue weighted by Crippen LogP contribution is 2.30. The Labute approximate surface area is 108 Å². The van der Waals surface area contributed by atoms with Crippen LogP contribution in [-0.2, 0) is 0 Å². The van der Waals surface area contributed by atoms with Gasteiger partial charge in [0.15, 0.2) is 0 Å². The fraction of sp³-hybridized carbons (Fsp3) is 0. The fourth-order valence-corrected chi connectivity index (χ4v) is 1.78. The first-order valence-electron chi connectivity index (χ1n) is 4.59. The lowest BCUT2D eigenvalue weighted by Gasteiger charge is -2.06. The Bertz CT molecular complexity index is 619. The minimum absolute atomic E-state index is 0.188. The molecule has 0 fully saturated rings. The monoisotopic (exact) mass is 264 g/mol. The Hall–Kier alpha value is -1.83. The quantitative estimate of drug-likeness (QED) is 0.860. The number of nitrogen functional groups attached to an aromatic ring is 1. The SMILES string of the molecule is N#Cc1cncc(-c2nc(N)c(Cl)cc2Cl)c1. The van der Waals surface area contributed by atoms with E-state index in [0.717, 1.165) is 0 Å².